The highest BCUT2D eigenvalue weighted by Gasteiger charge is 2.49. The maximum atomic E-state index is 14.3. The first-order valence-electron chi connectivity index (χ1n) is 17.1. The van der Waals surface area contributed by atoms with Gasteiger partial charge in [-0.15, -0.1) is 0 Å². The summed E-state index contributed by atoms with van der Waals surface area (Å²) in [6.07, 6.45) is 6.00. The minimum Gasteiger partial charge on any atom is -0.506 e. The lowest BCUT2D eigenvalue weighted by molar-refractivity contribution is -0.137. The highest BCUT2D eigenvalue weighted by Crippen LogP contribution is 2.62. The Hall–Kier alpha value is -5.11. The van der Waals surface area contributed by atoms with Crippen molar-refractivity contribution in [1.82, 2.24) is 0 Å². The molecule has 1 aliphatic heterocycles. The van der Waals surface area contributed by atoms with E-state index in [0.29, 0.717) is 46.4 Å². The zero-order chi connectivity index (χ0) is 34.8. The summed E-state index contributed by atoms with van der Waals surface area (Å²) in [4.78, 5) is 0. The van der Waals surface area contributed by atoms with E-state index in [1.165, 1.54) is 12.1 Å². The van der Waals surface area contributed by atoms with Gasteiger partial charge in [0.05, 0.1) is 25.5 Å². The standard InChI is InChI=1S/C42H38F3NO4/c1-48-28-13-8-25(9-14-28)41(26-10-15-29(49-2)16-11-26)21-18-31-38-37(32-24-36(47)35(46)23-33(32)39(31)50-41)30-17-12-27(42(43,44)45)22-34(30)40(38)19-6-4-3-5-7-20-40/h8-18,21-24,47H,3-7,19-20,46H2,1-2H3. The zero-order valence-electron chi connectivity index (χ0n) is 28.0. The summed E-state index contributed by atoms with van der Waals surface area (Å²) in [5.74, 6) is 1.89. The molecule has 8 rings (SSSR count). The van der Waals surface area contributed by atoms with Crippen LogP contribution in [0.25, 0.3) is 28.0 Å². The maximum Gasteiger partial charge on any atom is 0.416 e. The molecular weight excluding hydrogens is 639 g/mol. The van der Waals surface area contributed by atoms with Gasteiger partial charge in [0.2, 0.25) is 0 Å². The van der Waals surface area contributed by atoms with Crippen molar-refractivity contribution in [2.75, 3.05) is 20.0 Å². The lowest BCUT2D eigenvalue weighted by Gasteiger charge is -2.40. The Morgan fingerprint density at radius 3 is 1.94 bits per heavy atom. The van der Waals surface area contributed by atoms with Gasteiger partial charge in [-0.25, -0.2) is 0 Å². The first-order valence-corrected chi connectivity index (χ1v) is 17.1. The van der Waals surface area contributed by atoms with Gasteiger partial charge in [0.1, 0.15) is 23.0 Å². The lowest BCUT2D eigenvalue weighted by Crippen LogP contribution is -2.35. The van der Waals surface area contributed by atoms with Crippen LogP contribution in [-0.4, -0.2) is 19.3 Å². The van der Waals surface area contributed by atoms with E-state index < -0.39 is 22.8 Å². The van der Waals surface area contributed by atoms with Gasteiger partial charge in [-0.3, -0.25) is 0 Å². The Balaban J connectivity index is 1.46. The van der Waals surface area contributed by atoms with Gasteiger partial charge in [-0.2, -0.15) is 13.2 Å². The van der Waals surface area contributed by atoms with Gasteiger partial charge in [0, 0.05) is 27.5 Å². The number of fused-ring (bicyclic) bond motifs is 10. The van der Waals surface area contributed by atoms with Crippen molar-refractivity contribution in [3.8, 4) is 34.1 Å². The molecule has 0 aromatic heterocycles. The molecule has 256 valence electrons. The zero-order valence-corrected chi connectivity index (χ0v) is 28.0. The fourth-order valence-corrected chi connectivity index (χ4v) is 8.62. The van der Waals surface area contributed by atoms with Crippen molar-refractivity contribution in [3.63, 3.8) is 0 Å². The number of anilines is 1. The average Bonchev–Trinajstić information content (AvgIpc) is 3.40. The third-order valence-corrected chi connectivity index (χ3v) is 11.0. The molecule has 2 aliphatic carbocycles. The van der Waals surface area contributed by atoms with Crippen LogP contribution >= 0.6 is 0 Å². The van der Waals surface area contributed by atoms with E-state index >= 15 is 0 Å². The molecule has 0 atom stereocenters. The second-order valence-electron chi connectivity index (χ2n) is 13.7. The molecule has 0 saturated heterocycles. The maximum absolute atomic E-state index is 14.3. The Morgan fingerprint density at radius 2 is 1.36 bits per heavy atom. The molecule has 0 amide bonds. The van der Waals surface area contributed by atoms with Crippen LogP contribution in [0.4, 0.5) is 18.9 Å². The molecule has 5 aromatic rings. The topological polar surface area (TPSA) is 73.9 Å². The SMILES string of the molecule is COc1ccc(C2(c3ccc(OC)cc3)C=Cc3c4c(c5cc(O)c(N)cc5c3O2)-c2ccc(C(F)(F)F)cc2C42CCCCCCC2)cc1. The number of phenolic OH excluding ortho intramolecular Hbond substituents is 1. The van der Waals surface area contributed by atoms with E-state index in [1.807, 2.05) is 48.5 Å². The van der Waals surface area contributed by atoms with Crippen LogP contribution < -0.4 is 19.9 Å². The number of hydrogen-bond donors (Lipinski definition) is 2. The number of hydrogen-bond acceptors (Lipinski definition) is 5. The number of alkyl halides is 3. The van der Waals surface area contributed by atoms with Gasteiger partial charge < -0.3 is 25.1 Å². The minimum atomic E-state index is -4.49. The summed E-state index contributed by atoms with van der Waals surface area (Å²) in [6.45, 7) is 0. The van der Waals surface area contributed by atoms with Gasteiger partial charge in [-0.05, 0) is 95.1 Å². The van der Waals surface area contributed by atoms with Gasteiger partial charge in [-0.1, -0.05) is 68.5 Å². The first-order chi connectivity index (χ1) is 24.1. The largest absolute Gasteiger partial charge is 0.506 e. The number of ether oxygens (including phenoxy) is 3. The normalized spacial score (nSPS) is 17.3. The Labute approximate surface area is 289 Å². The molecule has 5 aromatic carbocycles. The smallest absolute Gasteiger partial charge is 0.416 e. The van der Waals surface area contributed by atoms with Crippen LogP contribution in [0, 0.1) is 0 Å². The van der Waals surface area contributed by atoms with E-state index in [0.717, 1.165) is 65.5 Å². The van der Waals surface area contributed by atoms with Crippen molar-refractivity contribution >= 4 is 22.5 Å². The van der Waals surface area contributed by atoms with E-state index in [-0.39, 0.29) is 11.4 Å². The van der Waals surface area contributed by atoms with Crippen LogP contribution in [0.15, 0.2) is 84.9 Å². The highest BCUT2D eigenvalue weighted by atomic mass is 19.4. The van der Waals surface area contributed by atoms with Gasteiger partial charge >= 0.3 is 6.18 Å². The minimum absolute atomic E-state index is 0.0883. The number of nitrogens with two attached hydrogens (primary N) is 1. The number of nitrogen functional groups attached to an aromatic ring is 1. The molecule has 1 spiro atoms. The summed E-state index contributed by atoms with van der Waals surface area (Å²) in [5.41, 5.74) is 9.95. The van der Waals surface area contributed by atoms with Crippen LogP contribution in [0.2, 0.25) is 0 Å². The molecule has 50 heavy (non-hydrogen) atoms. The van der Waals surface area contributed by atoms with Gasteiger partial charge in [0.15, 0.2) is 5.60 Å². The predicted molar refractivity (Wildman–Crippen MR) is 190 cm³/mol. The summed E-state index contributed by atoms with van der Waals surface area (Å²) in [6, 6.07) is 23.0. The third kappa shape index (κ3) is 4.83. The van der Waals surface area contributed by atoms with E-state index in [1.54, 1.807) is 32.4 Å². The number of methoxy groups -OCH3 is 2. The van der Waals surface area contributed by atoms with Gasteiger partial charge in [0.25, 0.3) is 0 Å². The fraction of sp³-hybridized carbons (Fsp3) is 0.286. The lowest BCUT2D eigenvalue weighted by atomic mass is 9.67. The summed E-state index contributed by atoms with van der Waals surface area (Å²) in [7, 11) is 3.24. The van der Waals surface area contributed by atoms with Crippen molar-refractivity contribution in [2.24, 2.45) is 0 Å². The Kier molecular flexibility index (Phi) is 7.55. The van der Waals surface area contributed by atoms with Crippen LogP contribution in [0.1, 0.15) is 78.3 Å². The van der Waals surface area contributed by atoms with E-state index in [2.05, 4.69) is 12.2 Å². The number of aromatic hydroxyl groups is 1. The molecule has 3 aliphatic rings. The molecule has 0 unspecified atom stereocenters. The second kappa shape index (κ2) is 11.8. The monoisotopic (exact) mass is 677 g/mol. The third-order valence-electron chi connectivity index (χ3n) is 11.0. The number of phenols is 1. The molecule has 8 heteroatoms. The van der Waals surface area contributed by atoms with Crippen LogP contribution in [0.5, 0.6) is 23.0 Å². The van der Waals surface area contributed by atoms with Crippen molar-refractivity contribution in [3.05, 3.63) is 118 Å². The number of benzene rings is 5. The predicted octanol–water partition coefficient (Wildman–Crippen LogP) is 10.5. The molecular formula is C42H38F3NO4. The summed E-state index contributed by atoms with van der Waals surface area (Å²) >= 11 is 0. The molecule has 0 radical (unpaired) electrons. The summed E-state index contributed by atoms with van der Waals surface area (Å²) < 4.78 is 61.3. The number of halogens is 3. The van der Waals surface area contributed by atoms with Crippen LogP contribution in [0.3, 0.4) is 0 Å². The quantitative estimate of drug-likeness (QED) is 0.146. The molecule has 3 N–H and O–H groups in total. The van der Waals surface area contributed by atoms with Crippen LogP contribution in [-0.2, 0) is 17.2 Å². The molecule has 1 heterocycles. The Bertz CT molecular complexity index is 2100. The first kappa shape index (κ1) is 32.1. The number of rotatable bonds is 4. The van der Waals surface area contributed by atoms with E-state index in [4.69, 9.17) is 19.9 Å². The van der Waals surface area contributed by atoms with E-state index in [9.17, 15) is 18.3 Å². The fourth-order valence-electron chi connectivity index (χ4n) is 8.62. The summed E-state index contributed by atoms with van der Waals surface area (Å²) in [5, 5.41) is 12.4. The highest BCUT2D eigenvalue weighted by molar-refractivity contribution is 6.10. The molecule has 1 fully saturated rings. The molecule has 1 saturated carbocycles. The van der Waals surface area contributed by atoms with Crippen molar-refractivity contribution in [2.45, 2.75) is 62.1 Å². The Morgan fingerprint density at radius 1 is 0.760 bits per heavy atom. The molecule has 5 nitrogen and oxygen atoms in total. The average molecular weight is 678 g/mol. The van der Waals surface area contributed by atoms with Crippen molar-refractivity contribution in [1.29, 1.82) is 0 Å². The molecule has 0 bridgehead atoms. The van der Waals surface area contributed by atoms with Crippen molar-refractivity contribution < 1.29 is 32.5 Å². The second-order valence-corrected chi connectivity index (χ2v) is 13.7.